The lowest BCUT2D eigenvalue weighted by atomic mass is 9.97. The zero-order valence-corrected chi connectivity index (χ0v) is 21.0. The number of hydrogen-bond donors (Lipinski definition) is 1. The molecule has 0 bridgehead atoms. The number of carbonyl (C=O) groups is 1. The first-order chi connectivity index (χ1) is 15.3. The van der Waals surface area contributed by atoms with Crippen molar-refractivity contribution < 1.29 is 17.9 Å². The second-order valence-corrected chi connectivity index (χ2v) is 11.3. The third-order valence-corrected chi connectivity index (χ3v) is 8.00. The molecule has 8 heteroatoms. The third-order valence-electron chi connectivity index (χ3n) is 5.66. The van der Waals surface area contributed by atoms with Crippen LogP contribution in [0.3, 0.4) is 0 Å². The Kier molecular flexibility index (Phi) is 8.73. The van der Waals surface area contributed by atoms with Gasteiger partial charge >= 0.3 is 0 Å². The summed E-state index contributed by atoms with van der Waals surface area (Å²) in [5, 5.41) is 2.93. The Morgan fingerprint density at radius 1 is 1.16 bits per heavy atom. The number of carbonyl (C=O) groups excluding carboxylic acids is 1. The van der Waals surface area contributed by atoms with Crippen molar-refractivity contribution in [1.82, 2.24) is 9.62 Å². The fourth-order valence-electron chi connectivity index (χ4n) is 3.89. The molecule has 1 aliphatic rings. The van der Waals surface area contributed by atoms with Gasteiger partial charge in [0.05, 0.1) is 12.3 Å². The van der Waals surface area contributed by atoms with Crippen LogP contribution in [-0.4, -0.2) is 44.9 Å². The molecule has 6 nitrogen and oxygen atoms in total. The summed E-state index contributed by atoms with van der Waals surface area (Å²) < 4.78 is 33.7. The van der Waals surface area contributed by atoms with Crippen molar-refractivity contribution in [3.05, 3.63) is 64.1 Å². The monoisotopic (exact) mass is 522 g/mol. The highest BCUT2D eigenvalue weighted by Gasteiger charge is 2.31. The zero-order valence-electron chi connectivity index (χ0n) is 18.6. The van der Waals surface area contributed by atoms with Crippen LogP contribution < -0.4 is 10.1 Å². The lowest BCUT2D eigenvalue weighted by molar-refractivity contribution is -0.126. The molecule has 2 aromatic rings. The first-order valence-corrected chi connectivity index (χ1v) is 13.4. The van der Waals surface area contributed by atoms with E-state index in [4.69, 9.17) is 4.74 Å². The van der Waals surface area contributed by atoms with Crippen LogP contribution in [0.15, 0.2) is 53.0 Å². The van der Waals surface area contributed by atoms with Crippen molar-refractivity contribution >= 4 is 31.9 Å². The molecule has 0 aliphatic carbocycles. The number of sulfonamides is 1. The van der Waals surface area contributed by atoms with E-state index >= 15 is 0 Å². The summed E-state index contributed by atoms with van der Waals surface area (Å²) in [4.78, 5) is 12.5. The van der Waals surface area contributed by atoms with Crippen LogP contribution in [0.25, 0.3) is 0 Å². The Balaban J connectivity index is 1.42. The number of piperidine rings is 1. The molecular weight excluding hydrogens is 492 g/mol. The molecule has 32 heavy (non-hydrogen) atoms. The van der Waals surface area contributed by atoms with Gasteiger partial charge < -0.3 is 10.1 Å². The van der Waals surface area contributed by atoms with Crippen molar-refractivity contribution in [2.75, 3.05) is 26.2 Å². The van der Waals surface area contributed by atoms with Gasteiger partial charge in [-0.3, -0.25) is 4.79 Å². The Morgan fingerprint density at radius 3 is 2.56 bits per heavy atom. The van der Waals surface area contributed by atoms with Crippen LogP contribution in [0.1, 0.15) is 43.7 Å². The Hall–Kier alpha value is -1.90. The Morgan fingerprint density at radius 2 is 1.88 bits per heavy atom. The third kappa shape index (κ3) is 6.80. The largest absolute Gasteiger partial charge is 0.491 e. The molecule has 1 fully saturated rings. The molecule has 0 aromatic heterocycles. The smallest absolute Gasteiger partial charge is 0.223 e. The van der Waals surface area contributed by atoms with Crippen molar-refractivity contribution in [2.45, 2.75) is 38.4 Å². The first kappa shape index (κ1) is 24.7. The van der Waals surface area contributed by atoms with Gasteiger partial charge in [0.2, 0.25) is 15.9 Å². The van der Waals surface area contributed by atoms with E-state index < -0.39 is 10.0 Å². The van der Waals surface area contributed by atoms with E-state index in [1.807, 2.05) is 42.5 Å². The normalized spacial score (nSPS) is 15.6. The number of para-hydroxylation sites is 1. The number of benzene rings is 2. The molecule has 1 saturated heterocycles. The van der Waals surface area contributed by atoms with Gasteiger partial charge in [-0.1, -0.05) is 60.1 Å². The molecule has 0 radical (unpaired) electrons. The van der Waals surface area contributed by atoms with Crippen molar-refractivity contribution in [2.24, 2.45) is 5.92 Å². The summed E-state index contributed by atoms with van der Waals surface area (Å²) in [7, 11) is -3.40. The van der Waals surface area contributed by atoms with Crippen LogP contribution >= 0.6 is 15.9 Å². The van der Waals surface area contributed by atoms with Gasteiger partial charge in [-0.2, -0.15) is 0 Å². The summed E-state index contributed by atoms with van der Waals surface area (Å²) in [5.74, 6) is 0.981. The highest BCUT2D eigenvalue weighted by atomic mass is 79.9. The van der Waals surface area contributed by atoms with Gasteiger partial charge in [0.25, 0.3) is 0 Å². The molecule has 0 saturated carbocycles. The molecule has 1 amide bonds. The maximum Gasteiger partial charge on any atom is 0.223 e. The van der Waals surface area contributed by atoms with Crippen LogP contribution in [-0.2, 0) is 20.6 Å². The highest BCUT2D eigenvalue weighted by Crippen LogP contribution is 2.26. The van der Waals surface area contributed by atoms with Crippen molar-refractivity contribution in [1.29, 1.82) is 0 Å². The Bertz CT molecular complexity index is 1020. The lowest BCUT2D eigenvalue weighted by Gasteiger charge is -2.30. The standard InChI is InChI=1S/C24H31BrN2O4S/c1-18(2)22-8-3-4-9-23(22)31-15-12-26-24(28)20-10-13-27(14-11-20)32(29,30)17-19-6-5-7-21(25)16-19/h3-9,16,18,20H,10-15,17H2,1-2H3,(H,26,28). The molecule has 1 N–H and O–H groups in total. The van der Waals surface area contributed by atoms with Gasteiger partial charge in [-0.25, -0.2) is 12.7 Å². The second-order valence-electron chi connectivity index (χ2n) is 8.39. The maximum absolute atomic E-state index is 12.8. The number of ether oxygens (including phenoxy) is 1. The fraction of sp³-hybridized carbons (Fsp3) is 0.458. The predicted octanol–water partition coefficient (Wildman–Crippen LogP) is 4.31. The minimum absolute atomic E-state index is 0.0293. The van der Waals surface area contributed by atoms with E-state index in [1.54, 1.807) is 0 Å². The molecule has 1 aliphatic heterocycles. The first-order valence-electron chi connectivity index (χ1n) is 11.0. The lowest BCUT2D eigenvalue weighted by Crippen LogP contribution is -2.43. The van der Waals surface area contributed by atoms with E-state index in [1.165, 1.54) is 4.31 Å². The van der Waals surface area contributed by atoms with Gasteiger partial charge in [0.1, 0.15) is 12.4 Å². The quantitative estimate of drug-likeness (QED) is 0.497. The summed E-state index contributed by atoms with van der Waals surface area (Å²) in [5.41, 5.74) is 1.90. The number of halogens is 1. The Labute approximate surface area is 199 Å². The van der Waals surface area contributed by atoms with Gasteiger partial charge in [-0.05, 0) is 48.1 Å². The molecule has 0 atom stereocenters. The average molecular weight is 523 g/mol. The molecule has 3 rings (SSSR count). The number of nitrogens with zero attached hydrogens (tertiary/aromatic N) is 1. The fourth-order valence-corrected chi connectivity index (χ4v) is 5.89. The van der Waals surface area contributed by atoms with Crippen LogP contribution in [0.5, 0.6) is 5.75 Å². The number of hydrogen-bond acceptors (Lipinski definition) is 4. The molecular formula is C24H31BrN2O4S. The van der Waals surface area contributed by atoms with Crippen LogP contribution in [0.4, 0.5) is 0 Å². The van der Waals surface area contributed by atoms with E-state index in [9.17, 15) is 13.2 Å². The average Bonchev–Trinajstić information content (AvgIpc) is 2.76. The van der Waals surface area contributed by atoms with E-state index in [-0.39, 0.29) is 17.6 Å². The SMILES string of the molecule is CC(C)c1ccccc1OCCNC(=O)C1CCN(S(=O)(=O)Cc2cccc(Br)c2)CC1. The van der Waals surface area contributed by atoms with E-state index in [0.717, 1.165) is 21.3 Å². The van der Waals surface area contributed by atoms with Crippen LogP contribution in [0, 0.1) is 5.92 Å². The zero-order chi connectivity index (χ0) is 23.1. The number of rotatable bonds is 9. The summed E-state index contributed by atoms with van der Waals surface area (Å²) in [6, 6.07) is 15.3. The molecule has 1 heterocycles. The van der Waals surface area contributed by atoms with E-state index in [0.29, 0.717) is 45.0 Å². The predicted molar refractivity (Wildman–Crippen MR) is 130 cm³/mol. The number of nitrogens with one attached hydrogen (secondary N) is 1. The van der Waals surface area contributed by atoms with Gasteiger partial charge in [-0.15, -0.1) is 0 Å². The maximum atomic E-state index is 12.8. The minimum atomic E-state index is -3.40. The van der Waals surface area contributed by atoms with Crippen molar-refractivity contribution in [3.63, 3.8) is 0 Å². The minimum Gasteiger partial charge on any atom is -0.491 e. The second kappa shape index (κ2) is 11.3. The van der Waals surface area contributed by atoms with Gasteiger partial charge in [0, 0.05) is 23.5 Å². The number of amides is 1. The summed E-state index contributed by atoms with van der Waals surface area (Å²) >= 11 is 3.38. The summed E-state index contributed by atoms with van der Waals surface area (Å²) in [6.07, 6.45) is 1.06. The van der Waals surface area contributed by atoms with Crippen molar-refractivity contribution in [3.8, 4) is 5.75 Å². The molecule has 2 aromatic carbocycles. The van der Waals surface area contributed by atoms with Crippen LogP contribution in [0.2, 0.25) is 0 Å². The summed E-state index contributed by atoms with van der Waals surface area (Å²) in [6.45, 7) is 5.80. The van der Waals surface area contributed by atoms with Gasteiger partial charge in [0.15, 0.2) is 0 Å². The molecule has 0 unspecified atom stereocenters. The molecule has 0 spiro atoms. The topological polar surface area (TPSA) is 75.7 Å². The highest BCUT2D eigenvalue weighted by molar-refractivity contribution is 9.10. The molecule has 174 valence electrons. The van der Waals surface area contributed by atoms with E-state index in [2.05, 4.69) is 41.2 Å².